The quantitative estimate of drug-likeness (QED) is 0.637. The van der Waals surface area contributed by atoms with Crippen LogP contribution in [0.3, 0.4) is 0 Å². The third-order valence-electron chi connectivity index (χ3n) is 4.22. The molecule has 1 saturated heterocycles. The largest absolute Gasteiger partial charge is 0.472 e. The first-order chi connectivity index (χ1) is 12.5. The molecule has 7 heteroatoms. The zero-order chi connectivity index (χ0) is 18.5. The number of carbonyl (C=O) groups excluding carboxylic acids is 2. The van der Waals surface area contributed by atoms with E-state index < -0.39 is 0 Å². The molecule has 1 fully saturated rings. The average Bonchev–Trinajstić information content (AvgIpc) is 3.10. The first-order valence-corrected chi connectivity index (χ1v) is 9.53. The Kier molecular flexibility index (Phi) is 6.27. The van der Waals surface area contributed by atoms with E-state index in [2.05, 4.69) is 20.9 Å². The van der Waals surface area contributed by atoms with Crippen LogP contribution in [0.5, 0.6) is 5.88 Å². The lowest BCUT2D eigenvalue weighted by atomic mass is 10.1. The summed E-state index contributed by atoms with van der Waals surface area (Å²) in [7, 11) is 0. The summed E-state index contributed by atoms with van der Waals surface area (Å²) in [5, 5.41) is 0.584. The molecule has 1 atom stereocenters. The SMILES string of the molecule is O=C(CCC(=O)N1CC[C@H](Oc2ccc(Br)cn2)C1)c1ccc(Cl)cc1. The highest BCUT2D eigenvalue weighted by atomic mass is 79.9. The van der Waals surface area contributed by atoms with Gasteiger partial charge in [-0.25, -0.2) is 4.98 Å². The Bertz CT molecular complexity index is 780. The second-order valence-electron chi connectivity index (χ2n) is 6.11. The van der Waals surface area contributed by atoms with Crippen LogP contribution in [0.15, 0.2) is 47.1 Å². The molecule has 1 aliphatic heterocycles. The maximum Gasteiger partial charge on any atom is 0.223 e. The molecule has 3 rings (SSSR count). The normalized spacial score (nSPS) is 16.5. The fourth-order valence-corrected chi connectivity index (χ4v) is 3.17. The van der Waals surface area contributed by atoms with Crippen molar-refractivity contribution in [1.29, 1.82) is 0 Å². The molecule has 1 aliphatic rings. The number of nitrogens with zero attached hydrogens (tertiary/aromatic N) is 2. The van der Waals surface area contributed by atoms with Gasteiger partial charge in [-0.3, -0.25) is 9.59 Å². The number of ketones is 1. The van der Waals surface area contributed by atoms with E-state index in [1.165, 1.54) is 0 Å². The van der Waals surface area contributed by atoms with Gasteiger partial charge in [-0.05, 0) is 46.3 Å². The van der Waals surface area contributed by atoms with Crippen LogP contribution < -0.4 is 4.74 Å². The van der Waals surface area contributed by atoms with Crippen LogP contribution in [-0.4, -0.2) is 40.8 Å². The van der Waals surface area contributed by atoms with Crippen molar-refractivity contribution >= 4 is 39.2 Å². The Balaban J connectivity index is 1.46. The molecule has 2 heterocycles. The molecule has 1 aromatic carbocycles. The van der Waals surface area contributed by atoms with Crippen molar-refractivity contribution in [2.45, 2.75) is 25.4 Å². The number of halogens is 2. The van der Waals surface area contributed by atoms with Crippen molar-refractivity contribution < 1.29 is 14.3 Å². The van der Waals surface area contributed by atoms with Gasteiger partial charge in [0.05, 0.1) is 6.54 Å². The summed E-state index contributed by atoms with van der Waals surface area (Å²) < 4.78 is 6.70. The summed E-state index contributed by atoms with van der Waals surface area (Å²) in [4.78, 5) is 30.4. The highest BCUT2D eigenvalue weighted by molar-refractivity contribution is 9.10. The number of hydrogen-bond donors (Lipinski definition) is 0. The molecule has 0 N–H and O–H groups in total. The Hall–Kier alpha value is -1.92. The van der Waals surface area contributed by atoms with Crippen molar-refractivity contribution in [3.8, 4) is 5.88 Å². The first kappa shape index (κ1) is 18.9. The fourth-order valence-electron chi connectivity index (χ4n) is 2.81. The van der Waals surface area contributed by atoms with Gasteiger partial charge >= 0.3 is 0 Å². The Labute approximate surface area is 165 Å². The number of likely N-dealkylation sites (tertiary alicyclic amines) is 1. The van der Waals surface area contributed by atoms with Gasteiger partial charge in [-0.1, -0.05) is 11.6 Å². The summed E-state index contributed by atoms with van der Waals surface area (Å²) in [6, 6.07) is 10.4. The molecule has 2 aromatic rings. The highest BCUT2D eigenvalue weighted by Gasteiger charge is 2.28. The molecule has 26 heavy (non-hydrogen) atoms. The van der Waals surface area contributed by atoms with Crippen molar-refractivity contribution in [3.05, 3.63) is 57.7 Å². The molecular weight excluding hydrogens is 420 g/mol. The monoisotopic (exact) mass is 436 g/mol. The topological polar surface area (TPSA) is 59.5 Å². The number of amides is 1. The number of aromatic nitrogens is 1. The lowest BCUT2D eigenvalue weighted by molar-refractivity contribution is -0.130. The van der Waals surface area contributed by atoms with E-state index in [0.717, 1.165) is 10.9 Å². The van der Waals surface area contributed by atoms with E-state index in [9.17, 15) is 9.59 Å². The van der Waals surface area contributed by atoms with Crippen LogP contribution in [0.25, 0.3) is 0 Å². The van der Waals surface area contributed by atoms with E-state index in [4.69, 9.17) is 16.3 Å². The summed E-state index contributed by atoms with van der Waals surface area (Å²) in [6.07, 6.45) is 2.76. The van der Waals surface area contributed by atoms with E-state index in [1.807, 2.05) is 6.07 Å². The lowest BCUT2D eigenvalue weighted by Crippen LogP contribution is -2.31. The van der Waals surface area contributed by atoms with Crippen LogP contribution in [-0.2, 0) is 4.79 Å². The second kappa shape index (κ2) is 8.64. The smallest absolute Gasteiger partial charge is 0.223 e. The number of Topliss-reactive ketones (excluding diaryl/α,β-unsaturated/α-hetero) is 1. The zero-order valence-electron chi connectivity index (χ0n) is 14.0. The summed E-state index contributed by atoms with van der Waals surface area (Å²) in [5.41, 5.74) is 0.575. The van der Waals surface area contributed by atoms with Crippen LogP contribution in [0, 0.1) is 0 Å². The predicted octanol–water partition coefficient (Wildman–Crippen LogP) is 4.14. The van der Waals surface area contributed by atoms with Crippen LogP contribution >= 0.6 is 27.5 Å². The van der Waals surface area contributed by atoms with Crippen LogP contribution in [0.4, 0.5) is 0 Å². The van der Waals surface area contributed by atoms with Gasteiger partial charge in [-0.2, -0.15) is 0 Å². The number of rotatable bonds is 6. The molecule has 0 unspecified atom stereocenters. The summed E-state index contributed by atoms with van der Waals surface area (Å²) in [6.45, 7) is 1.15. The minimum atomic E-state index is -0.0698. The van der Waals surface area contributed by atoms with Crippen molar-refractivity contribution in [3.63, 3.8) is 0 Å². The standard InChI is InChI=1S/C19H18BrClN2O3/c20-14-3-7-18(22-11-14)26-16-9-10-23(12-16)19(25)8-6-17(24)13-1-4-15(21)5-2-13/h1-5,7,11,16H,6,8-10,12H2/t16-/m0/s1. The Morgan fingerprint density at radius 1 is 1.19 bits per heavy atom. The number of hydrogen-bond acceptors (Lipinski definition) is 4. The van der Waals surface area contributed by atoms with Crippen LogP contribution in [0.2, 0.25) is 5.02 Å². The maximum absolute atomic E-state index is 12.4. The van der Waals surface area contributed by atoms with Gasteiger partial charge < -0.3 is 9.64 Å². The minimum Gasteiger partial charge on any atom is -0.472 e. The van der Waals surface area contributed by atoms with Gasteiger partial charge in [-0.15, -0.1) is 0 Å². The first-order valence-electron chi connectivity index (χ1n) is 8.36. The van der Waals surface area contributed by atoms with E-state index in [0.29, 0.717) is 29.6 Å². The van der Waals surface area contributed by atoms with Gasteiger partial charge in [0.2, 0.25) is 11.8 Å². The Morgan fingerprint density at radius 3 is 2.65 bits per heavy atom. The molecular formula is C19H18BrClN2O3. The lowest BCUT2D eigenvalue weighted by Gasteiger charge is -2.17. The van der Waals surface area contributed by atoms with E-state index in [1.54, 1.807) is 41.4 Å². The molecule has 0 bridgehead atoms. The van der Waals surface area contributed by atoms with Crippen molar-refractivity contribution in [1.82, 2.24) is 9.88 Å². The van der Waals surface area contributed by atoms with Gasteiger partial charge in [0.1, 0.15) is 6.10 Å². The second-order valence-corrected chi connectivity index (χ2v) is 7.47. The van der Waals surface area contributed by atoms with Gasteiger partial charge in [0.25, 0.3) is 0 Å². The molecule has 0 aliphatic carbocycles. The molecule has 1 aromatic heterocycles. The highest BCUT2D eigenvalue weighted by Crippen LogP contribution is 2.19. The van der Waals surface area contributed by atoms with Gasteiger partial charge in [0.15, 0.2) is 5.78 Å². The number of pyridine rings is 1. The summed E-state index contributed by atoms with van der Waals surface area (Å²) in [5.74, 6) is 0.466. The molecule has 1 amide bonds. The van der Waals surface area contributed by atoms with Crippen molar-refractivity contribution in [2.24, 2.45) is 0 Å². The zero-order valence-corrected chi connectivity index (χ0v) is 16.4. The van der Waals surface area contributed by atoms with Crippen LogP contribution in [0.1, 0.15) is 29.6 Å². The molecule has 0 radical (unpaired) electrons. The summed E-state index contributed by atoms with van der Waals surface area (Å²) >= 11 is 9.15. The number of carbonyl (C=O) groups is 2. The maximum atomic E-state index is 12.4. The van der Waals surface area contributed by atoms with Crippen molar-refractivity contribution in [2.75, 3.05) is 13.1 Å². The molecule has 136 valence electrons. The number of ether oxygens (including phenoxy) is 1. The molecule has 0 saturated carbocycles. The van der Waals surface area contributed by atoms with E-state index >= 15 is 0 Å². The number of benzene rings is 1. The Morgan fingerprint density at radius 2 is 1.96 bits per heavy atom. The third kappa shape index (κ3) is 5.05. The molecule has 0 spiro atoms. The van der Waals surface area contributed by atoms with E-state index in [-0.39, 0.29) is 30.6 Å². The molecule has 5 nitrogen and oxygen atoms in total. The minimum absolute atomic E-state index is 0.0258. The third-order valence-corrected chi connectivity index (χ3v) is 4.94. The predicted molar refractivity (Wildman–Crippen MR) is 103 cm³/mol. The fraction of sp³-hybridized carbons (Fsp3) is 0.316. The average molecular weight is 438 g/mol. The van der Waals surface area contributed by atoms with Gasteiger partial charge in [0, 0.05) is 53.1 Å².